The van der Waals surface area contributed by atoms with Gasteiger partial charge in [0.05, 0.1) is 0 Å². The van der Waals surface area contributed by atoms with Crippen molar-refractivity contribution < 1.29 is 4.39 Å². The van der Waals surface area contributed by atoms with E-state index in [-0.39, 0.29) is 5.82 Å². The van der Waals surface area contributed by atoms with Crippen LogP contribution in [0.25, 0.3) is 0 Å². The topological polar surface area (TPSA) is 12.0 Å². The van der Waals surface area contributed by atoms with E-state index >= 15 is 0 Å². The fraction of sp³-hybridized carbons (Fsp3) is 0.400. The van der Waals surface area contributed by atoms with Gasteiger partial charge < -0.3 is 5.32 Å². The van der Waals surface area contributed by atoms with E-state index in [1.54, 1.807) is 6.07 Å². The molecule has 1 nitrogen and oxygen atoms in total. The van der Waals surface area contributed by atoms with Crippen LogP contribution in [0.3, 0.4) is 0 Å². The van der Waals surface area contributed by atoms with Crippen LogP contribution < -0.4 is 5.32 Å². The predicted molar refractivity (Wildman–Crippen MR) is 52.7 cm³/mol. The molecule has 0 unspecified atom stereocenters. The third-order valence-electron chi connectivity index (χ3n) is 2.34. The van der Waals surface area contributed by atoms with Crippen molar-refractivity contribution >= 4 is 17.3 Å². The van der Waals surface area contributed by atoms with E-state index in [0.29, 0.717) is 11.1 Å². The molecule has 1 aliphatic carbocycles. The molecule has 0 amide bonds. The van der Waals surface area contributed by atoms with Gasteiger partial charge in [-0.3, -0.25) is 0 Å². The Labute approximate surface area is 81.9 Å². The summed E-state index contributed by atoms with van der Waals surface area (Å²) in [5.41, 5.74) is 0.787. The van der Waals surface area contributed by atoms with Gasteiger partial charge in [-0.05, 0) is 37.5 Å². The van der Waals surface area contributed by atoms with Crippen LogP contribution in [-0.4, -0.2) is 6.04 Å². The molecular formula is C10H11ClFN. The second-order valence-corrected chi connectivity index (χ2v) is 3.87. The van der Waals surface area contributed by atoms with Gasteiger partial charge in [0, 0.05) is 16.8 Å². The molecule has 70 valence electrons. The maximum absolute atomic E-state index is 12.9. The lowest BCUT2D eigenvalue weighted by Crippen LogP contribution is -2.26. The van der Waals surface area contributed by atoms with Gasteiger partial charge in [0.15, 0.2) is 0 Å². The maximum atomic E-state index is 12.9. The normalized spacial score (nSPS) is 16.8. The van der Waals surface area contributed by atoms with E-state index < -0.39 is 0 Å². The molecular weight excluding hydrogens is 189 g/mol. The molecule has 0 spiro atoms. The molecule has 1 aliphatic rings. The summed E-state index contributed by atoms with van der Waals surface area (Å²) in [6.45, 7) is 0. The van der Waals surface area contributed by atoms with Crippen LogP contribution in [0.15, 0.2) is 18.2 Å². The fourth-order valence-electron chi connectivity index (χ4n) is 1.43. The van der Waals surface area contributed by atoms with Gasteiger partial charge >= 0.3 is 0 Å². The van der Waals surface area contributed by atoms with E-state index in [9.17, 15) is 4.39 Å². The summed E-state index contributed by atoms with van der Waals surface area (Å²) < 4.78 is 12.9. The van der Waals surface area contributed by atoms with Crippen LogP contribution in [0, 0.1) is 5.82 Å². The van der Waals surface area contributed by atoms with Crippen molar-refractivity contribution in [2.75, 3.05) is 5.32 Å². The summed E-state index contributed by atoms with van der Waals surface area (Å²) in [5.74, 6) is -0.283. The number of nitrogens with one attached hydrogen (secondary N) is 1. The third-order valence-corrected chi connectivity index (χ3v) is 2.56. The summed E-state index contributed by atoms with van der Waals surface area (Å²) in [7, 11) is 0. The average Bonchev–Trinajstić information content (AvgIpc) is 1.95. The summed E-state index contributed by atoms with van der Waals surface area (Å²) >= 11 is 5.71. The lowest BCUT2D eigenvalue weighted by atomic mass is 9.93. The van der Waals surface area contributed by atoms with E-state index in [2.05, 4.69) is 5.32 Å². The number of hydrogen-bond donors (Lipinski definition) is 1. The molecule has 2 rings (SSSR count). The van der Waals surface area contributed by atoms with Gasteiger partial charge in [0.25, 0.3) is 0 Å². The minimum atomic E-state index is -0.283. The summed E-state index contributed by atoms with van der Waals surface area (Å²) in [4.78, 5) is 0. The zero-order valence-corrected chi connectivity index (χ0v) is 7.94. The van der Waals surface area contributed by atoms with E-state index in [1.807, 2.05) is 0 Å². The number of halogens is 2. The Kier molecular flexibility index (Phi) is 2.40. The molecule has 1 N–H and O–H groups in total. The molecule has 0 bridgehead atoms. The smallest absolute Gasteiger partial charge is 0.126 e. The average molecular weight is 200 g/mol. The first-order chi connectivity index (χ1) is 6.24. The quantitative estimate of drug-likeness (QED) is 0.770. The summed E-state index contributed by atoms with van der Waals surface area (Å²) in [6.07, 6.45) is 3.61. The molecule has 13 heavy (non-hydrogen) atoms. The van der Waals surface area contributed by atoms with Crippen molar-refractivity contribution in [1.29, 1.82) is 0 Å². The van der Waals surface area contributed by atoms with Crippen LogP contribution in [0.4, 0.5) is 10.1 Å². The molecule has 3 heteroatoms. The molecule has 0 aliphatic heterocycles. The first kappa shape index (κ1) is 8.82. The Morgan fingerprint density at radius 2 is 2.08 bits per heavy atom. The monoisotopic (exact) mass is 199 g/mol. The van der Waals surface area contributed by atoms with Gasteiger partial charge in [-0.15, -0.1) is 0 Å². The number of hydrogen-bond acceptors (Lipinski definition) is 1. The maximum Gasteiger partial charge on any atom is 0.126 e. The summed E-state index contributed by atoms with van der Waals surface area (Å²) in [6, 6.07) is 5.05. The largest absolute Gasteiger partial charge is 0.382 e. The highest BCUT2D eigenvalue weighted by Crippen LogP contribution is 2.25. The van der Waals surface area contributed by atoms with Crippen molar-refractivity contribution in [3.8, 4) is 0 Å². The first-order valence-corrected chi connectivity index (χ1v) is 4.84. The van der Waals surface area contributed by atoms with Gasteiger partial charge in [-0.1, -0.05) is 11.6 Å². The zero-order chi connectivity index (χ0) is 9.26. The van der Waals surface area contributed by atoms with E-state index in [0.717, 1.165) is 5.69 Å². The molecule has 1 aromatic rings. The molecule has 0 aromatic heterocycles. The highest BCUT2D eigenvalue weighted by Gasteiger charge is 2.16. The van der Waals surface area contributed by atoms with Crippen molar-refractivity contribution in [2.45, 2.75) is 25.3 Å². The van der Waals surface area contributed by atoms with E-state index in [4.69, 9.17) is 11.6 Å². The van der Waals surface area contributed by atoms with Crippen LogP contribution >= 0.6 is 11.6 Å². The zero-order valence-electron chi connectivity index (χ0n) is 7.19. The predicted octanol–water partition coefficient (Wildman–Crippen LogP) is 3.44. The molecule has 0 saturated heterocycles. The number of anilines is 1. The van der Waals surface area contributed by atoms with Crippen LogP contribution in [-0.2, 0) is 0 Å². The van der Waals surface area contributed by atoms with Crippen molar-refractivity contribution in [3.05, 3.63) is 29.0 Å². The first-order valence-electron chi connectivity index (χ1n) is 4.47. The minimum absolute atomic E-state index is 0.283. The Morgan fingerprint density at radius 1 is 1.31 bits per heavy atom. The van der Waals surface area contributed by atoms with Crippen molar-refractivity contribution in [2.24, 2.45) is 0 Å². The molecule has 0 radical (unpaired) electrons. The molecule has 0 atom stereocenters. The van der Waals surface area contributed by atoms with Gasteiger partial charge in [0.2, 0.25) is 0 Å². The van der Waals surface area contributed by atoms with Crippen LogP contribution in [0.1, 0.15) is 19.3 Å². The highest BCUT2D eigenvalue weighted by molar-refractivity contribution is 6.30. The SMILES string of the molecule is Fc1cc(Cl)cc(NC2CCC2)c1. The Hall–Kier alpha value is -0.760. The lowest BCUT2D eigenvalue weighted by Gasteiger charge is -2.27. The van der Waals surface area contributed by atoms with E-state index in [1.165, 1.54) is 31.4 Å². The highest BCUT2D eigenvalue weighted by atomic mass is 35.5. The van der Waals surface area contributed by atoms with Crippen LogP contribution in [0.2, 0.25) is 5.02 Å². The second-order valence-electron chi connectivity index (χ2n) is 3.43. The Bertz CT molecular complexity index is 290. The van der Waals surface area contributed by atoms with Crippen molar-refractivity contribution in [1.82, 2.24) is 0 Å². The van der Waals surface area contributed by atoms with Gasteiger partial charge in [0.1, 0.15) is 5.82 Å². The van der Waals surface area contributed by atoms with Gasteiger partial charge in [-0.25, -0.2) is 4.39 Å². The Balaban J connectivity index is 2.10. The summed E-state index contributed by atoms with van der Waals surface area (Å²) in [5, 5.41) is 3.68. The molecule has 1 aromatic carbocycles. The Morgan fingerprint density at radius 3 is 2.62 bits per heavy atom. The number of benzene rings is 1. The van der Waals surface area contributed by atoms with Crippen LogP contribution in [0.5, 0.6) is 0 Å². The second kappa shape index (κ2) is 3.54. The molecule has 1 saturated carbocycles. The standard InChI is InChI=1S/C10H11ClFN/c11-7-4-8(12)6-10(5-7)13-9-2-1-3-9/h4-6,9,13H,1-3H2. The lowest BCUT2D eigenvalue weighted by molar-refractivity contribution is 0.445. The molecule has 1 fully saturated rings. The van der Waals surface area contributed by atoms with Crippen molar-refractivity contribution in [3.63, 3.8) is 0 Å². The molecule has 0 heterocycles. The minimum Gasteiger partial charge on any atom is -0.382 e. The fourth-order valence-corrected chi connectivity index (χ4v) is 1.65. The third kappa shape index (κ3) is 2.13. The number of rotatable bonds is 2. The van der Waals surface area contributed by atoms with Gasteiger partial charge in [-0.2, -0.15) is 0 Å².